The summed E-state index contributed by atoms with van der Waals surface area (Å²) in [5.41, 5.74) is 1.90. The van der Waals surface area contributed by atoms with Crippen molar-refractivity contribution in [3.8, 4) is 5.75 Å². The molecule has 2 heterocycles. The molecule has 0 radical (unpaired) electrons. The van der Waals surface area contributed by atoms with Crippen LogP contribution in [0.25, 0.3) is 0 Å². The van der Waals surface area contributed by atoms with Crippen molar-refractivity contribution in [3.05, 3.63) is 58.3 Å². The van der Waals surface area contributed by atoms with E-state index < -0.39 is 0 Å². The van der Waals surface area contributed by atoms with Gasteiger partial charge in [0.2, 0.25) is 0 Å². The zero-order valence-corrected chi connectivity index (χ0v) is 15.2. The average molecular weight is 390 g/mol. The summed E-state index contributed by atoms with van der Waals surface area (Å²) in [4.78, 5) is 21.1. The van der Waals surface area contributed by atoms with E-state index in [1.165, 1.54) is 5.56 Å². The number of aromatic nitrogens is 1. The first-order valence-electron chi connectivity index (χ1n) is 7.91. The van der Waals surface area contributed by atoms with Crippen LogP contribution in [0.2, 0.25) is 0 Å². The molecule has 1 aromatic heterocycles. The van der Waals surface area contributed by atoms with Crippen LogP contribution in [0.5, 0.6) is 5.75 Å². The molecule has 0 unspecified atom stereocenters. The predicted molar refractivity (Wildman–Crippen MR) is 96.1 cm³/mol. The lowest BCUT2D eigenvalue weighted by molar-refractivity contribution is 0.0627. The van der Waals surface area contributed by atoms with Crippen molar-refractivity contribution < 1.29 is 9.53 Å². The van der Waals surface area contributed by atoms with Crippen molar-refractivity contribution in [3.63, 3.8) is 0 Å². The van der Waals surface area contributed by atoms with Gasteiger partial charge in [-0.05, 0) is 51.8 Å². The van der Waals surface area contributed by atoms with Crippen LogP contribution in [-0.2, 0) is 6.54 Å². The van der Waals surface area contributed by atoms with Crippen LogP contribution in [0.4, 0.5) is 0 Å². The fraction of sp³-hybridized carbons (Fsp3) is 0.333. The maximum atomic E-state index is 12.8. The van der Waals surface area contributed by atoms with Crippen molar-refractivity contribution >= 4 is 21.8 Å². The topological polar surface area (TPSA) is 45.7 Å². The molecule has 6 heteroatoms. The minimum absolute atomic E-state index is 0.0457. The molecule has 24 heavy (non-hydrogen) atoms. The molecule has 0 atom stereocenters. The Morgan fingerprint density at radius 3 is 2.54 bits per heavy atom. The number of piperazine rings is 1. The van der Waals surface area contributed by atoms with Crippen LogP contribution >= 0.6 is 15.9 Å². The molecule has 3 rings (SSSR count). The zero-order valence-electron chi connectivity index (χ0n) is 13.6. The molecule has 5 nitrogen and oxygen atoms in total. The summed E-state index contributed by atoms with van der Waals surface area (Å²) in [6.45, 7) is 4.10. The van der Waals surface area contributed by atoms with Gasteiger partial charge in [-0.1, -0.05) is 0 Å². The van der Waals surface area contributed by atoms with Gasteiger partial charge in [0.25, 0.3) is 5.91 Å². The summed E-state index contributed by atoms with van der Waals surface area (Å²) in [6, 6.07) is 9.55. The molecule has 1 saturated heterocycles. The van der Waals surface area contributed by atoms with E-state index in [9.17, 15) is 4.79 Å². The van der Waals surface area contributed by atoms with E-state index in [-0.39, 0.29) is 5.91 Å². The fourth-order valence-corrected chi connectivity index (χ4v) is 3.24. The molecule has 0 spiro atoms. The monoisotopic (exact) mass is 389 g/mol. The van der Waals surface area contributed by atoms with Gasteiger partial charge in [-0.3, -0.25) is 14.7 Å². The first-order chi connectivity index (χ1) is 11.7. The molecule has 1 aromatic carbocycles. The largest absolute Gasteiger partial charge is 0.497 e. The predicted octanol–water partition coefficient (Wildman–Crippen LogP) is 2.81. The Kier molecular flexibility index (Phi) is 5.48. The number of halogens is 1. The smallest absolute Gasteiger partial charge is 0.255 e. The number of hydrogen-bond donors (Lipinski definition) is 0. The van der Waals surface area contributed by atoms with E-state index in [1.54, 1.807) is 13.2 Å². The minimum Gasteiger partial charge on any atom is -0.497 e. The number of carbonyl (C=O) groups is 1. The van der Waals surface area contributed by atoms with E-state index in [0.29, 0.717) is 11.3 Å². The standard InChI is InChI=1S/C18H20BrN3O2/c1-24-15-2-3-17(19)16(12-15)18(23)22-10-8-21(9-11-22)13-14-4-6-20-7-5-14/h2-7,12H,8-11,13H2,1H3. The Bertz CT molecular complexity index is 701. The van der Waals surface area contributed by atoms with E-state index in [1.807, 2.05) is 41.6 Å². The van der Waals surface area contributed by atoms with Crippen molar-refractivity contribution in [2.24, 2.45) is 0 Å². The zero-order chi connectivity index (χ0) is 16.9. The van der Waals surface area contributed by atoms with Gasteiger partial charge in [-0.25, -0.2) is 0 Å². The quantitative estimate of drug-likeness (QED) is 0.806. The van der Waals surface area contributed by atoms with Gasteiger partial charge in [0.15, 0.2) is 0 Å². The van der Waals surface area contributed by atoms with E-state index in [2.05, 4.69) is 25.8 Å². The third kappa shape index (κ3) is 3.94. The number of amides is 1. The SMILES string of the molecule is COc1ccc(Br)c(C(=O)N2CCN(Cc3ccncc3)CC2)c1. The molecule has 1 aliphatic heterocycles. The number of hydrogen-bond acceptors (Lipinski definition) is 4. The average Bonchev–Trinajstić information content (AvgIpc) is 2.63. The second-order valence-corrected chi connectivity index (χ2v) is 6.62. The second kappa shape index (κ2) is 7.77. The highest BCUT2D eigenvalue weighted by Gasteiger charge is 2.23. The summed E-state index contributed by atoms with van der Waals surface area (Å²) >= 11 is 3.46. The van der Waals surface area contributed by atoms with Gasteiger partial charge in [0.05, 0.1) is 12.7 Å². The van der Waals surface area contributed by atoms with Crippen LogP contribution in [0.15, 0.2) is 47.2 Å². The fourth-order valence-electron chi connectivity index (χ4n) is 2.82. The molecular weight excluding hydrogens is 370 g/mol. The molecule has 1 aliphatic rings. The number of methoxy groups -OCH3 is 1. The molecule has 1 amide bonds. The molecular formula is C18H20BrN3O2. The number of rotatable bonds is 4. The summed E-state index contributed by atoms with van der Waals surface area (Å²) in [7, 11) is 1.61. The van der Waals surface area contributed by atoms with Gasteiger partial charge in [-0.2, -0.15) is 0 Å². The van der Waals surface area contributed by atoms with Crippen LogP contribution in [0.3, 0.4) is 0 Å². The molecule has 1 fully saturated rings. The van der Waals surface area contributed by atoms with E-state index in [0.717, 1.165) is 37.2 Å². The minimum atomic E-state index is 0.0457. The second-order valence-electron chi connectivity index (χ2n) is 5.77. The molecule has 0 saturated carbocycles. The van der Waals surface area contributed by atoms with Crippen molar-refractivity contribution in [2.75, 3.05) is 33.3 Å². The van der Waals surface area contributed by atoms with Gasteiger partial charge >= 0.3 is 0 Å². The molecule has 2 aromatic rings. The van der Waals surface area contributed by atoms with Crippen LogP contribution in [0.1, 0.15) is 15.9 Å². The highest BCUT2D eigenvalue weighted by molar-refractivity contribution is 9.10. The van der Waals surface area contributed by atoms with Crippen molar-refractivity contribution in [2.45, 2.75) is 6.54 Å². The van der Waals surface area contributed by atoms with Gasteiger partial charge < -0.3 is 9.64 Å². The Balaban J connectivity index is 1.61. The molecule has 0 N–H and O–H groups in total. The number of carbonyl (C=O) groups excluding carboxylic acids is 1. The van der Waals surface area contributed by atoms with Gasteiger partial charge in [0, 0.05) is 49.6 Å². The van der Waals surface area contributed by atoms with E-state index >= 15 is 0 Å². The first-order valence-corrected chi connectivity index (χ1v) is 8.71. The molecule has 0 bridgehead atoms. The van der Waals surface area contributed by atoms with E-state index in [4.69, 9.17) is 4.74 Å². The summed E-state index contributed by atoms with van der Waals surface area (Å²) in [5, 5.41) is 0. The van der Waals surface area contributed by atoms with Crippen LogP contribution < -0.4 is 4.74 Å². The third-order valence-corrected chi connectivity index (χ3v) is 4.91. The third-order valence-electron chi connectivity index (χ3n) is 4.22. The normalized spacial score (nSPS) is 15.3. The lowest BCUT2D eigenvalue weighted by Crippen LogP contribution is -2.48. The molecule has 126 valence electrons. The maximum Gasteiger partial charge on any atom is 0.255 e. The van der Waals surface area contributed by atoms with Crippen molar-refractivity contribution in [1.82, 2.24) is 14.8 Å². The Morgan fingerprint density at radius 2 is 1.88 bits per heavy atom. The van der Waals surface area contributed by atoms with Gasteiger partial charge in [0.1, 0.15) is 5.75 Å². The highest BCUT2D eigenvalue weighted by atomic mass is 79.9. The summed E-state index contributed by atoms with van der Waals surface area (Å²) in [6.07, 6.45) is 3.63. The Morgan fingerprint density at radius 1 is 1.17 bits per heavy atom. The Hall–Kier alpha value is -1.92. The number of ether oxygens (including phenoxy) is 1. The molecule has 0 aliphatic carbocycles. The Labute approximate surface area is 150 Å². The van der Waals surface area contributed by atoms with Gasteiger partial charge in [-0.15, -0.1) is 0 Å². The summed E-state index contributed by atoms with van der Waals surface area (Å²) in [5.74, 6) is 0.738. The lowest BCUT2D eigenvalue weighted by Gasteiger charge is -2.35. The first kappa shape index (κ1) is 16.9. The van der Waals surface area contributed by atoms with Crippen LogP contribution in [-0.4, -0.2) is 54.0 Å². The number of benzene rings is 1. The van der Waals surface area contributed by atoms with Crippen molar-refractivity contribution in [1.29, 1.82) is 0 Å². The van der Waals surface area contributed by atoms with Crippen LogP contribution in [0, 0.1) is 0 Å². The number of nitrogens with zero attached hydrogens (tertiary/aromatic N) is 3. The lowest BCUT2D eigenvalue weighted by atomic mass is 10.1. The highest BCUT2D eigenvalue weighted by Crippen LogP contribution is 2.24. The number of pyridine rings is 1. The summed E-state index contributed by atoms with van der Waals surface area (Å²) < 4.78 is 6.02. The maximum absolute atomic E-state index is 12.8.